The van der Waals surface area contributed by atoms with Crippen LogP contribution in [0.25, 0.3) is 0 Å². The number of hydrogen-bond donors (Lipinski definition) is 1. The van der Waals surface area contributed by atoms with E-state index in [9.17, 15) is 24.5 Å². The largest absolute Gasteiger partial charge is 0.331 e. The van der Waals surface area contributed by atoms with Crippen molar-refractivity contribution < 1.29 is 9.72 Å². The Labute approximate surface area is 140 Å². The summed E-state index contributed by atoms with van der Waals surface area (Å²) in [5.74, 6) is -0.724. The highest BCUT2D eigenvalue weighted by Crippen LogP contribution is 2.24. The maximum atomic E-state index is 12.2. The highest BCUT2D eigenvalue weighted by Gasteiger charge is 2.17. The van der Waals surface area contributed by atoms with Gasteiger partial charge in [-0.2, -0.15) is 5.26 Å². The number of nitriles is 1. The normalized spacial score (nSPS) is 10.1. The van der Waals surface area contributed by atoms with E-state index in [0.717, 1.165) is 10.8 Å². The Morgan fingerprint density at radius 1 is 1.40 bits per heavy atom. The predicted molar refractivity (Wildman–Crippen MR) is 87.1 cm³/mol. The van der Waals surface area contributed by atoms with Gasteiger partial charge < -0.3 is 9.88 Å². The third-order valence-electron chi connectivity index (χ3n) is 3.53. The fraction of sp³-hybridized carbons (Fsp3) is 0.200. The topological polar surface area (TPSA) is 140 Å². The van der Waals surface area contributed by atoms with Crippen molar-refractivity contribution in [1.82, 2.24) is 9.13 Å². The summed E-state index contributed by atoms with van der Waals surface area (Å²) in [5, 5.41) is 22.3. The molecule has 0 aliphatic rings. The molecule has 1 aromatic carbocycles. The molecule has 1 heterocycles. The fourth-order valence-corrected chi connectivity index (χ4v) is 2.23. The van der Waals surface area contributed by atoms with E-state index in [1.165, 1.54) is 32.2 Å². The summed E-state index contributed by atoms with van der Waals surface area (Å²) >= 11 is 0. The lowest BCUT2D eigenvalue weighted by Gasteiger charge is -2.10. The standard InChI is InChI=1S/C15H13N5O5/c1-9-11(4-3-5-12(9)20(24)25)17-13(21)8-19-14(22)10(6-16)7-18(2)15(19)23/h3-5,7H,8H2,1-2H3,(H,17,21). The van der Waals surface area contributed by atoms with E-state index in [1.807, 2.05) is 0 Å². The Bertz CT molecular complexity index is 1030. The second-order valence-electron chi connectivity index (χ2n) is 5.19. The van der Waals surface area contributed by atoms with E-state index in [0.29, 0.717) is 4.57 Å². The number of carbonyl (C=O) groups excluding carboxylic acids is 1. The van der Waals surface area contributed by atoms with Crippen LogP contribution in [-0.4, -0.2) is 20.0 Å². The summed E-state index contributed by atoms with van der Waals surface area (Å²) in [4.78, 5) is 46.5. The zero-order valence-corrected chi connectivity index (χ0v) is 13.3. The number of nitro groups is 1. The molecule has 0 radical (unpaired) electrons. The van der Waals surface area contributed by atoms with Crippen LogP contribution in [0.1, 0.15) is 11.1 Å². The van der Waals surface area contributed by atoms with E-state index in [4.69, 9.17) is 5.26 Å². The molecule has 0 saturated heterocycles. The molecule has 1 N–H and O–H groups in total. The molecule has 1 aromatic heterocycles. The molecule has 2 aromatic rings. The van der Waals surface area contributed by atoms with Crippen LogP contribution in [-0.2, 0) is 18.4 Å². The van der Waals surface area contributed by atoms with E-state index in [-0.39, 0.29) is 22.5 Å². The minimum Gasteiger partial charge on any atom is -0.324 e. The number of nitrogens with one attached hydrogen (secondary N) is 1. The Balaban J connectivity index is 2.35. The lowest BCUT2D eigenvalue weighted by molar-refractivity contribution is -0.385. The first kappa shape index (κ1) is 17.6. The van der Waals surface area contributed by atoms with Crippen LogP contribution in [0.2, 0.25) is 0 Å². The summed E-state index contributed by atoms with van der Waals surface area (Å²) in [5.41, 5.74) is -1.64. The van der Waals surface area contributed by atoms with Crippen LogP contribution < -0.4 is 16.6 Å². The molecule has 0 bridgehead atoms. The second kappa shape index (κ2) is 6.79. The number of amides is 1. The number of carbonyl (C=O) groups is 1. The summed E-state index contributed by atoms with van der Waals surface area (Å²) in [7, 11) is 1.35. The van der Waals surface area contributed by atoms with Gasteiger partial charge in [-0.3, -0.25) is 19.7 Å². The molecule has 10 heteroatoms. The smallest absolute Gasteiger partial charge is 0.324 e. The van der Waals surface area contributed by atoms with Gasteiger partial charge in [-0.25, -0.2) is 9.36 Å². The first-order chi connectivity index (χ1) is 11.8. The van der Waals surface area contributed by atoms with Gasteiger partial charge in [0.2, 0.25) is 5.91 Å². The van der Waals surface area contributed by atoms with Crippen LogP contribution in [0.4, 0.5) is 11.4 Å². The van der Waals surface area contributed by atoms with Crippen molar-refractivity contribution in [2.24, 2.45) is 7.05 Å². The number of anilines is 1. The Morgan fingerprint density at radius 2 is 2.08 bits per heavy atom. The average Bonchev–Trinajstić information content (AvgIpc) is 2.56. The molecule has 0 aliphatic heterocycles. The number of nitro benzene ring substituents is 1. The maximum Gasteiger partial charge on any atom is 0.331 e. The van der Waals surface area contributed by atoms with Crippen molar-refractivity contribution >= 4 is 17.3 Å². The van der Waals surface area contributed by atoms with E-state index in [1.54, 1.807) is 6.07 Å². The molecule has 25 heavy (non-hydrogen) atoms. The summed E-state index contributed by atoms with van der Waals surface area (Å²) in [6, 6.07) is 5.82. The monoisotopic (exact) mass is 343 g/mol. The Kier molecular flexibility index (Phi) is 4.79. The summed E-state index contributed by atoms with van der Waals surface area (Å²) in [6.07, 6.45) is 1.09. The van der Waals surface area contributed by atoms with Gasteiger partial charge in [0, 0.05) is 19.3 Å². The summed E-state index contributed by atoms with van der Waals surface area (Å²) in [6.45, 7) is 0.846. The van der Waals surface area contributed by atoms with Gasteiger partial charge in [0.05, 0.1) is 16.2 Å². The van der Waals surface area contributed by atoms with Crippen LogP contribution in [0.3, 0.4) is 0 Å². The average molecular weight is 343 g/mol. The molecular weight excluding hydrogens is 330 g/mol. The maximum absolute atomic E-state index is 12.2. The van der Waals surface area contributed by atoms with E-state index < -0.39 is 28.6 Å². The molecule has 0 atom stereocenters. The van der Waals surface area contributed by atoms with Crippen molar-refractivity contribution in [2.45, 2.75) is 13.5 Å². The number of rotatable bonds is 4. The van der Waals surface area contributed by atoms with Gasteiger partial charge in [-0.05, 0) is 13.0 Å². The molecule has 0 unspecified atom stereocenters. The van der Waals surface area contributed by atoms with Crippen molar-refractivity contribution in [3.63, 3.8) is 0 Å². The lowest BCUT2D eigenvalue weighted by atomic mass is 10.1. The number of aromatic nitrogens is 2. The molecule has 0 fully saturated rings. The van der Waals surface area contributed by atoms with Crippen LogP contribution in [0, 0.1) is 28.4 Å². The molecular formula is C15H13N5O5. The van der Waals surface area contributed by atoms with Gasteiger partial charge in [0.25, 0.3) is 11.2 Å². The molecule has 1 amide bonds. The fourth-order valence-electron chi connectivity index (χ4n) is 2.23. The molecule has 0 aliphatic carbocycles. The number of aryl methyl sites for hydroxylation is 1. The van der Waals surface area contributed by atoms with Gasteiger partial charge in [-0.15, -0.1) is 0 Å². The zero-order chi connectivity index (χ0) is 18.7. The molecule has 128 valence electrons. The third-order valence-corrected chi connectivity index (χ3v) is 3.53. The SMILES string of the molecule is Cc1c(NC(=O)Cn2c(=O)c(C#N)cn(C)c2=O)cccc1[N+](=O)[O-]. The van der Waals surface area contributed by atoms with E-state index in [2.05, 4.69) is 5.32 Å². The quantitative estimate of drug-likeness (QED) is 0.624. The van der Waals surface area contributed by atoms with Crippen molar-refractivity contribution in [3.8, 4) is 6.07 Å². The molecule has 2 rings (SSSR count). The van der Waals surface area contributed by atoms with Crippen molar-refractivity contribution in [2.75, 3.05) is 5.32 Å². The van der Waals surface area contributed by atoms with Crippen molar-refractivity contribution in [1.29, 1.82) is 5.26 Å². The highest BCUT2D eigenvalue weighted by atomic mass is 16.6. The minimum absolute atomic E-state index is 0.169. The highest BCUT2D eigenvalue weighted by molar-refractivity contribution is 5.91. The first-order valence-electron chi connectivity index (χ1n) is 7.00. The third kappa shape index (κ3) is 3.45. The first-order valence-corrected chi connectivity index (χ1v) is 7.00. The lowest BCUT2D eigenvalue weighted by Crippen LogP contribution is -2.42. The molecule has 0 saturated carbocycles. The number of benzene rings is 1. The predicted octanol–water partition coefficient (Wildman–Crippen LogP) is 0.274. The van der Waals surface area contributed by atoms with Gasteiger partial charge in [0.1, 0.15) is 18.2 Å². The van der Waals surface area contributed by atoms with Gasteiger partial charge in [-0.1, -0.05) is 6.07 Å². The molecule has 10 nitrogen and oxygen atoms in total. The van der Waals surface area contributed by atoms with Gasteiger partial charge >= 0.3 is 5.69 Å². The Morgan fingerprint density at radius 3 is 2.68 bits per heavy atom. The Hall–Kier alpha value is -3.74. The van der Waals surface area contributed by atoms with Gasteiger partial charge in [0.15, 0.2) is 0 Å². The second-order valence-corrected chi connectivity index (χ2v) is 5.19. The van der Waals surface area contributed by atoms with Crippen LogP contribution in [0.15, 0.2) is 34.0 Å². The van der Waals surface area contributed by atoms with E-state index >= 15 is 0 Å². The van der Waals surface area contributed by atoms with Crippen molar-refractivity contribution in [3.05, 3.63) is 66.5 Å². The number of hydrogen-bond acceptors (Lipinski definition) is 6. The number of nitrogens with zero attached hydrogens (tertiary/aromatic N) is 4. The summed E-state index contributed by atoms with van der Waals surface area (Å²) < 4.78 is 1.65. The molecule has 0 spiro atoms. The zero-order valence-electron chi connectivity index (χ0n) is 13.3. The van der Waals surface area contributed by atoms with Crippen LogP contribution in [0.5, 0.6) is 0 Å². The van der Waals surface area contributed by atoms with Crippen LogP contribution >= 0.6 is 0 Å². The minimum atomic E-state index is -0.878.